The van der Waals surface area contributed by atoms with E-state index in [4.69, 9.17) is 16.7 Å². The van der Waals surface area contributed by atoms with Gasteiger partial charge in [0.05, 0.1) is 12.3 Å². The van der Waals surface area contributed by atoms with E-state index < -0.39 is 0 Å². The molecule has 3 heteroatoms. The van der Waals surface area contributed by atoms with Crippen LogP contribution in [0, 0.1) is 0 Å². The van der Waals surface area contributed by atoms with E-state index in [1.54, 1.807) is 0 Å². The molecule has 0 amide bonds. The van der Waals surface area contributed by atoms with Crippen LogP contribution in [0.3, 0.4) is 0 Å². The smallest absolute Gasteiger partial charge is 0.0770 e. The van der Waals surface area contributed by atoms with Gasteiger partial charge in [0.15, 0.2) is 0 Å². The molecular weight excluding hydrogens is 328 g/mol. The summed E-state index contributed by atoms with van der Waals surface area (Å²) in [7, 11) is 0. The number of hydrazone groups is 1. The van der Waals surface area contributed by atoms with E-state index in [2.05, 4.69) is 71.7 Å². The standard InChI is InChI=1S/C22H19ClN2/c23-20-13-11-19(12-14-20)22-21(18-9-5-2-6-10-18)16-25(24-22)15-17-7-3-1-4-8-17/h1-14,21H,15-16H2. The molecule has 1 atom stereocenters. The van der Waals surface area contributed by atoms with Gasteiger partial charge in [-0.25, -0.2) is 0 Å². The summed E-state index contributed by atoms with van der Waals surface area (Å²) in [6.45, 7) is 1.71. The van der Waals surface area contributed by atoms with Crippen LogP contribution < -0.4 is 0 Å². The molecule has 0 fully saturated rings. The van der Waals surface area contributed by atoms with Crippen molar-refractivity contribution in [3.05, 3.63) is 107 Å². The highest BCUT2D eigenvalue weighted by molar-refractivity contribution is 6.30. The first-order chi connectivity index (χ1) is 12.3. The van der Waals surface area contributed by atoms with E-state index in [0.717, 1.165) is 29.4 Å². The van der Waals surface area contributed by atoms with Gasteiger partial charge in [0.1, 0.15) is 0 Å². The fourth-order valence-corrected chi connectivity index (χ4v) is 3.41. The topological polar surface area (TPSA) is 15.6 Å². The molecule has 0 N–H and O–H groups in total. The lowest BCUT2D eigenvalue weighted by Crippen LogP contribution is -2.18. The van der Waals surface area contributed by atoms with E-state index in [1.165, 1.54) is 11.1 Å². The molecule has 25 heavy (non-hydrogen) atoms. The van der Waals surface area contributed by atoms with Gasteiger partial charge in [-0.1, -0.05) is 84.4 Å². The molecule has 1 heterocycles. The summed E-state index contributed by atoms with van der Waals surface area (Å²) in [5.74, 6) is 0.270. The normalized spacial score (nSPS) is 16.8. The first-order valence-corrected chi connectivity index (χ1v) is 8.85. The van der Waals surface area contributed by atoms with Crippen molar-refractivity contribution < 1.29 is 0 Å². The Kier molecular flexibility index (Phi) is 4.53. The molecule has 0 radical (unpaired) electrons. The van der Waals surface area contributed by atoms with Crippen LogP contribution in [0.4, 0.5) is 0 Å². The summed E-state index contributed by atoms with van der Waals surface area (Å²) in [5.41, 5.74) is 4.81. The summed E-state index contributed by atoms with van der Waals surface area (Å²) in [4.78, 5) is 0. The zero-order chi connectivity index (χ0) is 17.1. The van der Waals surface area contributed by atoms with E-state index in [-0.39, 0.29) is 5.92 Å². The van der Waals surface area contributed by atoms with Gasteiger partial charge in [-0.3, -0.25) is 5.01 Å². The van der Waals surface area contributed by atoms with Crippen LogP contribution in [0.5, 0.6) is 0 Å². The van der Waals surface area contributed by atoms with Gasteiger partial charge in [-0.05, 0) is 28.8 Å². The van der Waals surface area contributed by atoms with Crippen molar-refractivity contribution in [2.45, 2.75) is 12.5 Å². The summed E-state index contributed by atoms with van der Waals surface area (Å²) in [6, 6.07) is 29.1. The lowest BCUT2D eigenvalue weighted by Gasteiger charge is -2.16. The van der Waals surface area contributed by atoms with Crippen LogP contribution >= 0.6 is 11.6 Å². The van der Waals surface area contributed by atoms with Gasteiger partial charge >= 0.3 is 0 Å². The summed E-state index contributed by atoms with van der Waals surface area (Å²) < 4.78 is 0. The minimum absolute atomic E-state index is 0.270. The second kappa shape index (κ2) is 7.12. The Bertz CT molecular complexity index is 858. The first kappa shape index (κ1) is 15.9. The molecule has 124 valence electrons. The molecule has 1 unspecified atom stereocenters. The highest BCUT2D eigenvalue weighted by atomic mass is 35.5. The van der Waals surface area contributed by atoms with Crippen LogP contribution in [0.25, 0.3) is 0 Å². The van der Waals surface area contributed by atoms with Gasteiger partial charge in [0.25, 0.3) is 0 Å². The number of rotatable bonds is 4. The number of hydrogen-bond donors (Lipinski definition) is 0. The average molecular weight is 347 g/mol. The van der Waals surface area contributed by atoms with Crippen molar-refractivity contribution >= 4 is 17.3 Å². The zero-order valence-corrected chi connectivity index (χ0v) is 14.6. The number of halogens is 1. The third-order valence-corrected chi connectivity index (χ3v) is 4.77. The van der Waals surface area contributed by atoms with Crippen LogP contribution in [-0.4, -0.2) is 17.3 Å². The highest BCUT2D eigenvalue weighted by Gasteiger charge is 2.29. The fourth-order valence-electron chi connectivity index (χ4n) is 3.28. The molecule has 0 spiro atoms. The highest BCUT2D eigenvalue weighted by Crippen LogP contribution is 2.30. The molecule has 1 aliphatic rings. The molecule has 0 saturated heterocycles. The largest absolute Gasteiger partial charge is 0.291 e. The average Bonchev–Trinajstić information content (AvgIpc) is 3.08. The van der Waals surface area contributed by atoms with Gasteiger partial charge in [-0.2, -0.15) is 5.10 Å². The van der Waals surface area contributed by atoms with E-state index in [0.29, 0.717) is 0 Å². The number of nitrogens with zero attached hydrogens (tertiary/aromatic N) is 2. The summed E-state index contributed by atoms with van der Waals surface area (Å²) in [6.07, 6.45) is 0. The summed E-state index contributed by atoms with van der Waals surface area (Å²) >= 11 is 6.06. The maximum Gasteiger partial charge on any atom is 0.0770 e. The van der Waals surface area contributed by atoms with Gasteiger partial charge in [0, 0.05) is 17.5 Å². The Hall–Kier alpha value is -2.58. The van der Waals surface area contributed by atoms with Crippen LogP contribution in [0.2, 0.25) is 5.02 Å². The van der Waals surface area contributed by atoms with Crippen LogP contribution in [0.15, 0.2) is 90.0 Å². The third-order valence-electron chi connectivity index (χ3n) is 4.52. The molecule has 3 aromatic rings. The molecule has 0 saturated carbocycles. The van der Waals surface area contributed by atoms with Crippen molar-refractivity contribution in [1.29, 1.82) is 0 Å². The maximum atomic E-state index is 6.06. The molecule has 3 aromatic carbocycles. The molecule has 0 aliphatic carbocycles. The minimum atomic E-state index is 0.270. The van der Waals surface area contributed by atoms with Crippen molar-refractivity contribution in [3.8, 4) is 0 Å². The van der Waals surface area contributed by atoms with Crippen molar-refractivity contribution in [3.63, 3.8) is 0 Å². The zero-order valence-electron chi connectivity index (χ0n) is 13.8. The predicted octanol–water partition coefficient (Wildman–Crippen LogP) is 5.34. The number of benzene rings is 3. The predicted molar refractivity (Wildman–Crippen MR) is 104 cm³/mol. The minimum Gasteiger partial charge on any atom is -0.291 e. The number of hydrogen-bond acceptors (Lipinski definition) is 2. The molecule has 4 rings (SSSR count). The quantitative estimate of drug-likeness (QED) is 0.622. The molecule has 0 aromatic heterocycles. The van der Waals surface area contributed by atoms with Gasteiger partial charge in [0.2, 0.25) is 0 Å². The van der Waals surface area contributed by atoms with Crippen molar-refractivity contribution in [2.24, 2.45) is 5.10 Å². The Balaban J connectivity index is 1.66. The van der Waals surface area contributed by atoms with Crippen molar-refractivity contribution in [2.75, 3.05) is 6.54 Å². The maximum absolute atomic E-state index is 6.06. The molecular formula is C22H19ClN2. The SMILES string of the molecule is Clc1ccc(C2=NN(Cc3ccccc3)CC2c2ccccc2)cc1. The first-order valence-electron chi connectivity index (χ1n) is 8.48. The Morgan fingerprint density at radius 3 is 2.16 bits per heavy atom. The Morgan fingerprint density at radius 2 is 1.48 bits per heavy atom. The Morgan fingerprint density at radius 1 is 0.840 bits per heavy atom. The van der Waals surface area contributed by atoms with Gasteiger partial charge in [-0.15, -0.1) is 0 Å². The molecule has 0 bridgehead atoms. The Labute approximate surface area is 153 Å². The second-order valence-corrected chi connectivity index (χ2v) is 6.72. The third kappa shape index (κ3) is 3.59. The monoisotopic (exact) mass is 346 g/mol. The second-order valence-electron chi connectivity index (χ2n) is 6.29. The lowest BCUT2D eigenvalue weighted by molar-refractivity contribution is 0.302. The lowest BCUT2D eigenvalue weighted by atomic mass is 9.90. The summed E-state index contributed by atoms with van der Waals surface area (Å²) in [5, 5.41) is 7.86. The van der Waals surface area contributed by atoms with Crippen LogP contribution in [-0.2, 0) is 6.54 Å². The fraction of sp³-hybridized carbons (Fsp3) is 0.136. The van der Waals surface area contributed by atoms with E-state index in [1.807, 2.05) is 18.2 Å². The van der Waals surface area contributed by atoms with E-state index >= 15 is 0 Å². The molecule has 2 nitrogen and oxygen atoms in total. The van der Waals surface area contributed by atoms with E-state index in [9.17, 15) is 0 Å². The van der Waals surface area contributed by atoms with Crippen LogP contribution in [0.1, 0.15) is 22.6 Å². The molecule has 1 aliphatic heterocycles. The van der Waals surface area contributed by atoms with Gasteiger partial charge < -0.3 is 0 Å². The van der Waals surface area contributed by atoms with Crippen molar-refractivity contribution in [1.82, 2.24) is 5.01 Å².